The van der Waals surface area contributed by atoms with Crippen LogP contribution in [-0.4, -0.2) is 46.0 Å². The van der Waals surface area contributed by atoms with Gasteiger partial charge < -0.3 is 4.90 Å². The first-order valence-electron chi connectivity index (χ1n) is 6.02. The molecule has 0 amide bonds. The molecule has 1 aliphatic rings. The van der Waals surface area contributed by atoms with Crippen molar-refractivity contribution in [3.8, 4) is 0 Å². The van der Waals surface area contributed by atoms with Gasteiger partial charge in [0.25, 0.3) is 0 Å². The first kappa shape index (κ1) is 13.1. The van der Waals surface area contributed by atoms with Gasteiger partial charge in [-0.2, -0.15) is 12.6 Å². The lowest BCUT2D eigenvalue weighted by atomic mass is 10.0. The van der Waals surface area contributed by atoms with Crippen molar-refractivity contribution in [1.29, 1.82) is 0 Å². The van der Waals surface area contributed by atoms with Gasteiger partial charge in [-0.1, -0.05) is 30.3 Å². The van der Waals surface area contributed by atoms with Crippen LogP contribution in [0.3, 0.4) is 0 Å². The fourth-order valence-corrected chi connectivity index (χ4v) is 3.62. The zero-order valence-corrected chi connectivity index (χ0v) is 11.6. The Labute approximate surface area is 111 Å². The third kappa shape index (κ3) is 3.83. The van der Waals surface area contributed by atoms with Gasteiger partial charge >= 0.3 is 0 Å². The molecule has 17 heavy (non-hydrogen) atoms. The molecule has 4 heteroatoms. The number of nitrogens with zero attached hydrogens (tertiary/aromatic N) is 1. The zero-order chi connectivity index (χ0) is 12.1. The topological polar surface area (TPSA) is 20.3 Å². The molecule has 0 radical (unpaired) electrons. The van der Waals surface area contributed by atoms with Crippen LogP contribution in [0.5, 0.6) is 0 Å². The molecule has 0 aliphatic carbocycles. The number of hydrogen-bond donors (Lipinski definition) is 1. The first-order valence-corrected chi connectivity index (χ1v) is 8.15. The Balaban J connectivity index is 1.94. The Morgan fingerprint density at radius 1 is 1.24 bits per heavy atom. The van der Waals surface area contributed by atoms with E-state index in [1.807, 2.05) is 6.07 Å². The highest BCUT2D eigenvalue weighted by molar-refractivity contribution is 7.85. The summed E-state index contributed by atoms with van der Waals surface area (Å²) in [5, 5.41) is 0. The van der Waals surface area contributed by atoms with Crippen LogP contribution in [0.15, 0.2) is 30.3 Å². The molecular formula is C13H19NOS2. The van der Waals surface area contributed by atoms with Crippen LogP contribution in [0.25, 0.3) is 0 Å². The highest BCUT2D eigenvalue weighted by Crippen LogP contribution is 2.19. The average molecular weight is 269 g/mol. The molecule has 0 N–H and O–H groups in total. The summed E-state index contributed by atoms with van der Waals surface area (Å²) in [5.41, 5.74) is 1.36. The van der Waals surface area contributed by atoms with Crippen molar-refractivity contribution in [2.45, 2.75) is 5.92 Å². The molecule has 1 saturated heterocycles. The van der Waals surface area contributed by atoms with Gasteiger partial charge in [0.1, 0.15) is 0 Å². The first-order chi connectivity index (χ1) is 8.29. The van der Waals surface area contributed by atoms with Crippen LogP contribution < -0.4 is 0 Å². The van der Waals surface area contributed by atoms with E-state index in [0.29, 0.717) is 5.92 Å². The minimum atomic E-state index is -0.583. The van der Waals surface area contributed by atoms with E-state index in [1.54, 1.807) is 0 Å². The number of rotatable bonds is 4. The highest BCUT2D eigenvalue weighted by Gasteiger charge is 2.19. The minimum absolute atomic E-state index is 0.478. The molecule has 1 fully saturated rings. The van der Waals surface area contributed by atoms with Gasteiger partial charge in [-0.3, -0.25) is 4.21 Å². The Kier molecular flexibility index (Phi) is 5.07. The van der Waals surface area contributed by atoms with Crippen molar-refractivity contribution in [1.82, 2.24) is 4.90 Å². The Bertz CT molecular complexity index is 359. The molecule has 1 heterocycles. The van der Waals surface area contributed by atoms with Crippen molar-refractivity contribution < 1.29 is 4.21 Å². The summed E-state index contributed by atoms with van der Waals surface area (Å²) in [4.78, 5) is 2.41. The molecule has 0 aromatic heterocycles. The van der Waals surface area contributed by atoms with Gasteiger partial charge in [0.15, 0.2) is 0 Å². The standard InChI is InChI=1S/C13H19NOS2/c15-17-8-6-14(7-9-17)10-13(11-16)12-4-2-1-3-5-12/h1-5,13,16H,6-11H2. The fourth-order valence-electron chi connectivity index (χ4n) is 2.16. The minimum Gasteiger partial charge on any atom is -0.301 e. The molecule has 0 spiro atoms. The molecule has 1 aliphatic heterocycles. The van der Waals surface area contributed by atoms with Gasteiger partial charge in [0.2, 0.25) is 0 Å². The number of benzene rings is 1. The van der Waals surface area contributed by atoms with Gasteiger partial charge in [-0.05, 0) is 11.3 Å². The monoisotopic (exact) mass is 269 g/mol. The average Bonchev–Trinajstić information content (AvgIpc) is 2.39. The van der Waals surface area contributed by atoms with Gasteiger partial charge in [0, 0.05) is 47.9 Å². The van der Waals surface area contributed by atoms with Crippen molar-refractivity contribution >= 4 is 23.4 Å². The van der Waals surface area contributed by atoms with E-state index in [4.69, 9.17) is 0 Å². The van der Waals surface area contributed by atoms with E-state index < -0.39 is 10.8 Å². The third-order valence-electron chi connectivity index (χ3n) is 3.24. The fraction of sp³-hybridized carbons (Fsp3) is 0.538. The maximum absolute atomic E-state index is 11.3. The van der Waals surface area contributed by atoms with E-state index in [-0.39, 0.29) is 0 Å². The molecule has 94 valence electrons. The lowest BCUT2D eigenvalue weighted by Gasteiger charge is -2.29. The molecule has 0 saturated carbocycles. The lowest BCUT2D eigenvalue weighted by Crippen LogP contribution is -2.40. The molecule has 1 atom stereocenters. The maximum Gasteiger partial charge on any atom is 0.0363 e. The van der Waals surface area contributed by atoms with E-state index in [9.17, 15) is 4.21 Å². The SMILES string of the molecule is O=S1CCN(CC(CS)c2ccccc2)CC1. The van der Waals surface area contributed by atoms with Crippen LogP contribution in [0, 0.1) is 0 Å². The Morgan fingerprint density at radius 2 is 1.88 bits per heavy atom. The third-order valence-corrected chi connectivity index (χ3v) is 4.96. The van der Waals surface area contributed by atoms with Crippen molar-refractivity contribution in [3.05, 3.63) is 35.9 Å². The lowest BCUT2D eigenvalue weighted by molar-refractivity contribution is 0.286. The summed E-state index contributed by atoms with van der Waals surface area (Å²) < 4.78 is 11.3. The smallest absolute Gasteiger partial charge is 0.0363 e. The van der Waals surface area contributed by atoms with Gasteiger partial charge in [0.05, 0.1) is 0 Å². The van der Waals surface area contributed by atoms with E-state index in [1.165, 1.54) is 5.56 Å². The maximum atomic E-state index is 11.3. The largest absolute Gasteiger partial charge is 0.301 e. The normalized spacial score (nSPS) is 20.3. The molecule has 2 rings (SSSR count). The van der Waals surface area contributed by atoms with Crippen molar-refractivity contribution in [2.75, 3.05) is 36.9 Å². The van der Waals surface area contributed by atoms with E-state index >= 15 is 0 Å². The predicted molar refractivity (Wildman–Crippen MR) is 77.4 cm³/mol. The summed E-state index contributed by atoms with van der Waals surface area (Å²) in [7, 11) is -0.583. The van der Waals surface area contributed by atoms with Gasteiger partial charge in [-0.25, -0.2) is 0 Å². The summed E-state index contributed by atoms with van der Waals surface area (Å²) in [6.45, 7) is 2.96. The molecule has 2 nitrogen and oxygen atoms in total. The number of hydrogen-bond acceptors (Lipinski definition) is 3. The second-order valence-corrected chi connectivity index (χ2v) is 6.50. The zero-order valence-electron chi connectivity index (χ0n) is 9.92. The van der Waals surface area contributed by atoms with E-state index in [0.717, 1.165) is 36.9 Å². The van der Waals surface area contributed by atoms with E-state index in [2.05, 4.69) is 41.8 Å². The summed E-state index contributed by atoms with van der Waals surface area (Å²) in [6, 6.07) is 10.5. The Morgan fingerprint density at radius 3 is 2.47 bits per heavy atom. The van der Waals surface area contributed by atoms with Gasteiger partial charge in [-0.15, -0.1) is 0 Å². The second-order valence-electron chi connectivity index (χ2n) is 4.44. The van der Waals surface area contributed by atoms with Crippen LogP contribution in [0.1, 0.15) is 11.5 Å². The quantitative estimate of drug-likeness (QED) is 0.841. The van der Waals surface area contributed by atoms with Crippen molar-refractivity contribution in [2.24, 2.45) is 0 Å². The Hall–Kier alpha value is -0.320. The molecule has 1 aromatic carbocycles. The van der Waals surface area contributed by atoms with Crippen LogP contribution in [0.4, 0.5) is 0 Å². The molecule has 1 unspecified atom stereocenters. The van der Waals surface area contributed by atoms with Crippen LogP contribution in [0.2, 0.25) is 0 Å². The summed E-state index contributed by atoms with van der Waals surface area (Å²) in [5.74, 6) is 3.00. The molecule has 1 aromatic rings. The molecular weight excluding hydrogens is 250 g/mol. The van der Waals surface area contributed by atoms with Crippen LogP contribution in [-0.2, 0) is 10.8 Å². The number of thiol groups is 1. The second kappa shape index (κ2) is 6.57. The highest BCUT2D eigenvalue weighted by atomic mass is 32.2. The summed E-state index contributed by atoms with van der Waals surface area (Å²) >= 11 is 4.46. The summed E-state index contributed by atoms with van der Waals surface area (Å²) in [6.07, 6.45) is 0. The van der Waals surface area contributed by atoms with Crippen LogP contribution >= 0.6 is 12.6 Å². The predicted octanol–water partition coefficient (Wildman–Crippen LogP) is 1.76. The van der Waals surface area contributed by atoms with Crippen molar-refractivity contribution in [3.63, 3.8) is 0 Å². The molecule has 0 bridgehead atoms.